The number of carboxylic acid groups (broad SMARTS) is 1. The molecule has 0 aromatic rings. The number of carbonyl (C=O) groups is 1. The van der Waals surface area contributed by atoms with Crippen LogP contribution in [-0.2, 0) is 4.79 Å². The van der Waals surface area contributed by atoms with Gasteiger partial charge in [-0.3, -0.25) is 4.39 Å². The Labute approximate surface area is 46.6 Å². The second kappa shape index (κ2) is 3.18. The number of carboxylic acids is 1. The molecule has 0 rings (SSSR count). The highest BCUT2D eigenvalue weighted by Gasteiger charge is 2.00. The van der Waals surface area contributed by atoms with Crippen LogP contribution in [0, 0.1) is 0 Å². The van der Waals surface area contributed by atoms with Crippen LogP contribution < -0.4 is 0 Å². The van der Waals surface area contributed by atoms with Crippen LogP contribution in [-0.4, -0.2) is 17.8 Å². The third-order valence-electron chi connectivity index (χ3n) is 0.699. The molecule has 0 amide bonds. The van der Waals surface area contributed by atoms with Gasteiger partial charge in [-0.25, -0.2) is 4.79 Å². The standard InChI is InChI=1S/C5H7FO2/c1-4(2-3-6)5(7)8/h1-3H2,(H,7,8). The summed E-state index contributed by atoms with van der Waals surface area (Å²) in [6.45, 7) is 2.46. The highest BCUT2D eigenvalue weighted by Crippen LogP contribution is 1.96. The highest BCUT2D eigenvalue weighted by molar-refractivity contribution is 5.85. The fraction of sp³-hybridized carbons (Fsp3) is 0.400. The average molecular weight is 118 g/mol. The Bertz CT molecular complexity index is 109. The molecule has 0 aromatic carbocycles. The minimum absolute atomic E-state index is 0.0741. The first-order valence-corrected chi connectivity index (χ1v) is 2.15. The van der Waals surface area contributed by atoms with Gasteiger partial charge in [-0.05, 0) is 0 Å². The van der Waals surface area contributed by atoms with Crippen molar-refractivity contribution in [1.82, 2.24) is 0 Å². The van der Waals surface area contributed by atoms with Gasteiger partial charge in [0.25, 0.3) is 0 Å². The first kappa shape index (κ1) is 7.14. The van der Waals surface area contributed by atoms with Gasteiger partial charge in [0.2, 0.25) is 0 Å². The molecule has 0 aliphatic carbocycles. The number of halogens is 1. The monoisotopic (exact) mass is 118 g/mol. The summed E-state index contributed by atoms with van der Waals surface area (Å²) < 4.78 is 11.3. The van der Waals surface area contributed by atoms with Gasteiger partial charge in [-0.2, -0.15) is 0 Å². The van der Waals surface area contributed by atoms with Crippen molar-refractivity contribution < 1.29 is 14.3 Å². The van der Waals surface area contributed by atoms with Gasteiger partial charge in [0, 0.05) is 12.0 Å². The Kier molecular flexibility index (Phi) is 2.84. The van der Waals surface area contributed by atoms with Crippen LogP contribution in [0.2, 0.25) is 0 Å². The van der Waals surface area contributed by atoms with Gasteiger partial charge in [0.05, 0.1) is 6.67 Å². The average Bonchev–Trinajstić information content (AvgIpc) is 1.67. The Balaban J connectivity index is 3.49. The molecule has 0 unspecified atom stereocenters. The zero-order valence-corrected chi connectivity index (χ0v) is 4.35. The third kappa shape index (κ3) is 2.34. The van der Waals surface area contributed by atoms with Gasteiger partial charge in [-0.1, -0.05) is 6.58 Å². The van der Waals surface area contributed by atoms with Crippen molar-refractivity contribution in [2.45, 2.75) is 6.42 Å². The summed E-state index contributed by atoms with van der Waals surface area (Å²) in [6.07, 6.45) is -0.0741. The van der Waals surface area contributed by atoms with Gasteiger partial charge in [-0.15, -0.1) is 0 Å². The predicted molar refractivity (Wildman–Crippen MR) is 27.4 cm³/mol. The van der Waals surface area contributed by atoms with Gasteiger partial charge in [0.1, 0.15) is 0 Å². The zero-order valence-electron chi connectivity index (χ0n) is 4.35. The van der Waals surface area contributed by atoms with E-state index < -0.39 is 12.6 Å². The quantitative estimate of drug-likeness (QED) is 0.561. The number of hydrogen-bond acceptors (Lipinski definition) is 1. The molecule has 0 aliphatic heterocycles. The Hall–Kier alpha value is -0.860. The molecule has 1 N–H and O–H groups in total. The van der Waals surface area contributed by atoms with Crippen LogP contribution in [0.4, 0.5) is 4.39 Å². The second-order valence-corrected chi connectivity index (χ2v) is 1.35. The van der Waals surface area contributed by atoms with E-state index in [1.54, 1.807) is 0 Å². The van der Waals surface area contributed by atoms with Gasteiger partial charge < -0.3 is 5.11 Å². The molecule has 3 heteroatoms. The maximum atomic E-state index is 11.3. The Morgan fingerprint density at radius 3 is 2.38 bits per heavy atom. The lowest BCUT2D eigenvalue weighted by Gasteiger charge is -1.90. The van der Waals surface area contributed by atoms with E-state index in [4.69, 9.17) is 5.11 Å². The summed E-state index contributed by atoms with van der Waals surface area (Å²) in [5.41, 5.74) is -0.0764. The molecule has 0 fully saturated rings. The number of rotatable bonds is 3. The largest absolute Gasteiger partial charge is 0.478 e. The summed E-state index contributed by atoms with van der Waals surface area (Å²) in [4.78, 5) is 9.82. The van der Waals surface area contributed by atoms with E-state index in [1.165, 1.54) is 0 Å². The SMILES string of the molecule is C=C(CCF)C(=O)O. The maximum Gasteiger partial charge on any atom is 0.331 e. The molecule has 0 saturated carbocycles. The molecule has 0 aliphatic rings. The number of aliphatic carboxylic acids is 1. The van der Waals surface area contributed by atoms with Crippen molar-refractivity contribution in [2.24, 2.45) is 0 Å². The maximum absolute atomic E-state index is 11.3. The van der Waals surface area contributed by atoms with Crippen LogP contribution in [0.3, 0.4) is 0 Å². The molecular weight excluding hydrogens is 111 g/mol. The lowest BCUT2D eigenvalue weighted by Crippen LogP contribution is -1.98. The zero-order chi connectivity index (χ0) is 6.57. The fourth-order valence-electron chi connectivity index (χ4n) is 0.221. The van der Waals surface area contributed by atoms with Crippen molar-refractivity contribution in [3.8, 4) is 0 Å². The van der Waals surface area contributed by atoms with E-state index in [1.807, 2.05) is 0 Å². The topological polar surface area (TPSA) is 37.3 Å². The van der Waals surface area contributed by atoms with E-state index in [2.05, 4.69) is 6.58 Å². The normalized spacial score (nSPS) is 8.62. The van der Waals surface area contributed by atoms with Crippen LogP contribution in [0.5, 0.6) is 0 Å². The van der Waals surface area contributed by atoms with Crippen LogP contribution in [0.15, 0.2) is 12.2 Å². The fourth-order valence-corrected chi connectivity index (χ4v) is 0.221. The van der Waals surface area contributed by atoms with Crippen LogP contribution in [0.1, 0.15) is 6.42 Å². The molecule has 2 nitrogen and oxygen atoms in total. The molecule has 8 heavy (non-hydrogen) atoms. The van der Waals surface area contributed by atoms with E-state index in [0.29, 0.717) is 0 Å². The molecule has 0 atom stereocenters. The summed E-state index contributed by atoms with van der Waals surface area (Å²) in [7, 11) is 0. The predicted octanol–water partition coefficient (Wildman–Crippen LogP) is 0.987. The summed E-state index contributed by atoms with van der Waals surface area (Å²) in [5, 5.41) is 8.05. The van der Waals surface area contributed by atoms with Gasteiger partial charge in [0.15, 0.2) is 0 Å². The first-order valence-electron chi connectivity index (χ1n) is 2.15. The van der Waals surface area contributed by atoms with Crippen LogP contribution in [0.25, 0.3) is 0 Å². The second-order valence-electron chi connectivity index (χ2n) is 1.35. The summed E-state index contributed by atoms with van der Waals surface area (Å²) >= 11 is 0. The number of alkyl halides is 1. The minimum Gasteiger partial charge on any atom is -0.478 e. The molecule has 0 radical (unpaired) electrons. The highest BCUT2D eigenvalue weighted by atomic mass is 19.1. The van der Waals surface area contributed by atoms with E-state index in [0.717, 1.165) is 0 Å². The minimum atomic E-state index is -1.12. The Morgan fingerprint density at radius 1 is 1.75 bits per heavy atom. The first-order chi connectivity index (χ1) is 3.68. The van der Waals surface area contributed by atoms with Crippen molar-refractivity contribution >= 4 is 5.97 Å². The molecule has 0 saturated heterocycles. The van der Waals surface area contributed by atoms with Crippen molar-refractivity contribution in [1.29, 1.82) is 0 Å². The third-order valence-corrected chi connectivity index (χ3v) is 0.699. The molecule has 0 bridgehead atoms. The van der Waals surface area contributed by atoms with Gasteiger partial charge >= 0.3 is 5.97 Å². The molecular formula is C5H7FO2. The smallest absolute Gasteiger partial charge is 0.331 e. The molecule has 46 valence electrons. The number of hydrogen-bond donors (Lipinski definition) is 1. The van der Waals surface area contributed by atoms with Crippen molar-refractivity contribution in [3.05, 3.63) is 12.2 Å². The lowest BCUT2D eigenvalue weighted by atomic mass is 10.2. The van der Waals surface area contributed by atoms with E-state index in [9.17, 15) is 9.18 Å². The lowest BCUT2D eigenvalue weighted by molar-refractivity contribution is -0.132. The van der Waals surface area contributed by atoms with E-state index in [-0.39, 0.29) is 12.0 Å². The Morgan fingerprint density at radius 2 is 2.25 bits per heavy atom. The summed E-state index contributed by atoms with van der Waals surface area (Å²) in [6, 6.07) is 0. The molecule has 0 aromatic heterocycles. The van der Waals surface area contributed by atoms with E-state index >= 15 is 0 Å². The van der Waals surface area contributed by atoms with Crippen molar-refractivity contribution in [2.75, 3.05) is 6.67 Å². The van der Waals surface area contributed by atoms with Crippen molar-refractivity contribution in [3.63, 3.8) is 0 Å². The molecule has 0 heterocycles. The van der Waals surface area contributed by atoms with Crippen LogP contribution >= 0.6 is 0 Å². The summed E-state index contributed by atoms with van der Waals surface area (Å²) in [5.74, 6) is -1.12. The molecule has 0 spiro atoms.